The summed E-state index contributed by atoms with van der Waals surface area (Å²) in [5.74, 6) is 5.50. The molecule has 0 unspecified atom stereocenters. The van der Waals surface area contributed by atoms with Gasteiger partial charge in [-0.05, 0) is 6.26 Å². The molecule has 0 fully saturated rings. The van der Waals surface area contributed by atoms with Gasteiger partial charge in [-0.3, -0.25) is 5.43 Å². The summed E-state index contributed by atoms with van der Waals surface area (Å²) in [5.41, 5.74) is 2.35. The zero-order valence-electron chi connectivity index (χ0n) is 5.53. The Hall–Kier alpha value is -0.810. The molecule has 1 aromatic heterocycles. The second kappa shape index (κ2) is 3.38. The first-order valence-corrected chi connectivity index (χ1v) is 3.92. The maximum atomic E-state index is 5.06. The molecule has 0 amide bonds. The van der Waals surface area contributed by atoms with Crippen molar-refractivity contribution in [2.24, 2.45) is 5.84 Å². The van der Waals surface area contributed by atoms with Crippen LogP contribution in [0.25, 0.3) is 0 Å². The molecule has 0 radical (unpaired) electrons. The zero-order chi connectivity index (χ0) is 7.40. The summed E-state index contributed by atoms with van der Waals surface area (Å²) in [6.07, 6.45) is 5.40. The van der Waals surface area contributed by atoms with Crippen molar-refractivity contribution in [2.75, 3.05) is 11.7 Å². The Morgan fingerprint density at radius 1 is 1.50 bits per heavy atom. The first kappa shape index (κ1) is 7.30. The fraction of sp³-hybridized carbons (Fsp3) is 0.200. The maximum absolute atomic E-state index is 5.06. The van der Waals surface area contributed by atoms with Crippen molar-refractivity contribution in [1.29, 1.82) is 0 Å². The highest BCUT2D eigenvalue weighted by Crippen LogP contribution is 2.10. The molecule has 0 saturated carbocycles. The lowest BCUT2D eigenvalue weighted by atomic mass is 10.7. The van der Waals surface area contributed by atoms with Gasteiger partial charge in [-0.15, -0.1) is 11.8 Å². The van der Waals surface area contributed by atoms with E-state index in [2.05, 4.69) is 15.4 Å². The van der Waals surface area contributed by atoms with Gasteiger partial charge in [0.1, 0.15) is 0 Å². The SMILES string of the molecule is CSc1cnc(NN)nc1. The standard InChI is InChI=1S/C5H8N4S/c1-10-4-2-7-5(9-6)8-3-4/h2-3H,6H2,1H3,(H,7,8,9). The molecular weight excluding hydrogens is 148 g/mol. The number of aromatic nitrogens is 2. The molecule has 10 heavy (non-hydrogen) atoms. The lowest BCUT2D eigenvalue weighted by Crippen LogP contribution is -2.09. The molecule has 0 saturated heterocycles. The third-order valence-electron chi connectivity index (χ3n) is 0.993. The van der Waals surface area contributed by atoms with E-state index in [-0.39, 0.29) is 0 Å². The molecule has 0 bridgehead atoms. The second-order valence-electron chi connectivity index (χ2n) is 1.59. The van der Waals surface area contributed by atoms with Gasteiger partial charge in [0.2, 0.25) is 5.95 Å². The average Bonchev–Trinajstić information content (AvgIpc) is 2.05. The molecule has 0 aliphatic carbocycles. The molecule has 3 N–H and O–H groups in total. The van der Waals surface area contributed by atoms with Crippen LogP contribution < -0.4 is 11.3 Å². The van der Waals surface area contributed by atoms with Crippen LogP contribution in [0.2, 0.25) is 0 Å². The van der Waals surface area contributed by atoms with E-state index in [1.807, 2.05) is 6.26 Å². The minimum Gasteiger partial charge on any atom is -0.292 e. The summed E-state index contributed by atoms with van der Waals surface area (Å²) >= 11 is 1.59. The van der Waals surface area contributed by atoms with Gasteiger partial charge < -0.3 is 0 Å². The van der Waals surface area contributed by atoms with Crippen LogP contribution in [-0.4, -0.2) is 16.2 Å². The van der Waals surface area contributed by atoms with E-state index in [9.17, 15) is 0 Å². The molecule has 0 aromatic carbocycles. The average molecular weight is 156 g/mol. The Kier molecular flexibility index (Phi) is 2.47. The van der Waals surface area contributed by atoms with Gasteiger partial charge in [0, 0.05) is 17.3 Å². The van der Waals surface area contributed by atoms with E-state index in [0.29, 0.717) is 5.95 Å². The highest BCUT2D eigenvalue weighted by molar-refractivity contribution is 7.98. The summed E-state index contributed by atoms with van der Waals surface area (Å²) in [6.45, 7) is 0. The van der Waals surface area contributed by atoms with Crippen molar-refractivity contribution in [3.8, 4) is 0 Å². The van der Waals surface area contributed by atoms with Crippen molar-refractivity contribution in [3.05, 3.63) is 12.4 Å². The first-order chi connectivity index (χ1) is 4.86. The van der Waals surface area contributed by atoms with Gasteiger partial charge in [0.05, 0.1) is 0 Å². The van der Waals surface area contributed by atoms with Gasteiger partial charge in [0.25, 0.3) is 0 Å². The second-order valence-corrected chi connectivity index (χ2v) is 2.47. The monoisotopic (exact) mass is 156 g/mol. The van der Waals surface area contributed by atoms with Crippen LogP contribution >= 0.6 is 11.8 Å². The lowest BCUT2D eigenvalue weighted by Gasteiger charge is -1.96. The number of rotatable bonds is 2. The summed E-state index contributed by atoms with van der Waals surface area (Å²) in [4.78, 5) is 8.83. The van der Waals surface area contributed by atoms with Gasteiger partial charge in [0.15, 0.2) is 0 Å². The van der Waals surface area contributed by atoms with Gasteiger partial charge in [-0.25, -0.2) is 15.8 Å². The number of thioether (sulfide) groups is 1. The van der Waals surface area contributed by atoms with Crippen molar-refractivity contribution in [1.82, 2.24) is 9.97 Å². The third-order valence-corrected chi connectivity index (χ3v) is 1.68. The van der Waals surface area contributed by atoms with Crippen LogP contribution in [0.15, 0.2) is 17.3 Å². The number of anilines is 1. The Labute approximate surface area is 63.2 Å². The topological polar surface area (TPSA) is 63.8 Å². The number of hydrogen-bond acceptors (Lipinski definition) is 5. The Morgan fingerprint density at radius 2 is 2.10 bits per heavy atom. The fourth-order valence-electron chi connectivity index (χ4n) is 0.496. The predicted octanol–water partition coefficient (Wildman–Crippen LogP) is 0.484. The first-order valence-electron chi connectivity index (χ1n) is 2.69. The van der Waals surface area contributed by atoms with Crippen LogP contribution in [0.4, 0.5) is 5.95 Å². The molecule has 1 heterocycles. The van der Waals surface area contributed by atoms with Crippen LogP contribution in [-0.2, 0) is 0 Å². The van der Waals surface area contributed by atoms with E-state index in [4.69, 9.17) is 5.84 Å². The third kappa shape index (κ3) is 1.58. The summed E-state index contributed by atoms with van der Waals surface area (Å²) < 4.78 is 0. The van der Waals surface area contributed by atoms with Crippen molar-refractivity contribution in [2.45, 2.75) is 4.90 Å². The minimum absolute atomic E-state index is 0.442. The van der Waals surface area contributed by atoms with E-state index < -0.39 is 0 Å². The van der Waals surface area contributed by atoms with Crippen molar-refractivity contribution >= 4 is 17.7 Å². The van der Waals surface area contributed by atoms with E-state index in [1.165, 1.54) is 0 Å². The normalized spacial score (nSPS) is 9.40. The molecule has 0 atom stereocenters. The zero-order valence-corrected chi connectivity index (χ0v) is 6.35. The molecule has 4 nitrogen and oxygen atoms in total. The van der Waals surface area contributed by atoms with E-state index in [0.717, 1.165) is 4.90 Å². The molecule has 1 aromatic rings. The lowest BCUT2D eigenvalue weighted by molar-refractivity contribution is 1.07. The number of hydrazine groups is 1. The summed E-state index contributed by atoms with van der Waals surface area (Å²) in [7, 11) is 0. The number of nitrogens with two attached hydrogens (primary N) is 1. The summed E-state index contributed by atoms with van der Waals surface area (Å²) in [5, 5.41) is 0. The molecule has 54 valence electrons. The predicted molar refractivity (Wildman–Crippen MR) is 41.6 cm³/mol. The number of nitrogen functional groups attached to an aromatic ring is 1. The molecule has 0 aliphatic heterocycles. The largest absolute Gasteiger partial charge is 0.292 e. The minimum atomic E-state index is 0.442. The quantitative estimate of drug-likeness (QED) is 0.370. The van der Waals surface area contributed by atoms with Gasteiger partial charge in [-0.1, -0.05) is 0 Å². The molecule has 0 aliphatic rings. The maximum Gasteiger partial charge on any atom is 0.237 e. The highest BCUT2D eigenvalue weighted by Gasteiger charge is 1.91. The van der Waals surface area contributed by atoms with Crippen LogP contribution in [0.3, 0.4) is 0 Å². The van der Waals surface area contributed by atoms with E-state index in [1.54, 1.807) is 24.2 Å². The highest BCUT2D eigenvalue weighted by atomic mass is 32.2. The molecule has 5 heteroatoms. The van der Waals surface area contributed by atoms with Crippen LogP contribution in [0.1, 0.15) is 0 Å². The smallest absolute Gasteiger partial charge is 0.237 e. The van der Waals surface area contributed by atoms with Crippen LogP contribution in [0, 0.1) is 0 Å². The number of nitrogens with one attached hydrogen (secondary N) is 1. The van der Waals surface area contributed by atoms with Crippen molar-refractivity contribution in [3.63, 3.8) is 0 Å². The van der Waals surface area contributed by atoms with Gasteiger partial charge in [-0.2, -0.15) is 0 Å². The Bertz CT molecular complexity index is 174. The van der Waals surface area contributed by atoms with Crippen LogP contribution in [0.5, 0.6) is 0 Å². The number of hydrogen-bond donors (Lipinski definition) is 2. The molecule has 1 rings (SSSR count). The fourth-order valence-corrected chi connectivity index (χ4v) is 0.812. The Morgan fingerprint density at radius 3 is 2.50 bits per heavy atom. The molecular formula is C5H8N4S. The van der Waals surface area contributed by atoms with E-state index >= 15 is 0 Å². The Balaban J connectivity index is 2.80. The van der Waals surface area contributed by atoms with Crippen molar-refractivity contribution < 1.29 is 0 Å². The number of nitrogens with zero attached hydrogens (tertiary/aromatic N) is 2. The molecule has 0 spiro atoms. The van der Waals surface area contributed by atoms with Gasteiger partial charge >= 0.3 is 0 Å². The summed E-state index contributed by atoms with van der Waals surface area (Å²) in [6, 6.07) is 0.